The van der Waals surface area contributed by atoms with Gasteiger partial charge in [0.2, 0.25) is 0 Å². The van der Waals surface area contributed by atoms with Gasteiger partial charge in [-0.2, -0.15) is 0 Å². The Labute approximate surface area is 94.3 Å². The summed E-state index contributed by atoms with van der Waals surface area (Å²) in [5.41, 5.74) is 1.46. The van der Waals surface area contributed by atoms with E-state index in [1.54, 1.807) is 0 Å². The van der Waals surface area contributed by atoms with Gasteiger partial charge in [-0.25, -0.2) is 0 Å². The number of quaternary nitrogens is 1. The molecule has 0 unspecified atom stereocenters. The smallest absolute Gasteiger partial charge is 0.112 e. The summed E-state index contributed by atoms with van der Waals surface area (Å²) in [6, 6.07) is 11.5. The minimum absolute atomic E-state index is 0.603. The molecule has 1 aromatic rings. The molecule has 0 saturated carbocycles. The van der Waals surface area contributed by atoms with Gasteiger partial charge in [0.15, 0.2) is 0 Å². The first kappa shape index (κ1) is 12.3. The highest BCUT2D eigenvalue weighted by molar-refractivity contribution is 5.16. The molecule has 0 saturated heterocycles. The summed E-state index contributed by atoms with van der Waals surface area (Å²) in [7, 11) is 0. The summed E-state index contributed by atoms with van der Waals surface area (Å²) in [6.45, 7) is 12.9. The van der Waals surface area contributed by atoms with Gasteiger partial charge in [0, 0.05) is 5.56 Å². The van der Waals surface area contributed by atoms with Crippen molar-refractivity contribution < 1.29 is 4.48 Å². The zero-order chi connectivity index (χ0) is 11.3. The van der Waals surface area contributed by atoms with Crippen LogP contribution in [0, 0.1) is 0 Å². The third kappa shape index (κ3) is 2.40. The first-order valence-corrected chi connectivity index (χ1v) is 6.10. The second-order valence-electron chi connectivity index (χ2n) is 4.25. The van der Waals surface area contributed by atoms with E-state index in [1.807, 2.05) is 0 Å². The van der Waals surface area contributed by atoms with E-state index in [0.29, 0.717) is 6.04 Å². The predicted molar refractivity (Wildman–Crippen MR) is 66.7 cm³/mol. The average Bonchev–Trinajstić information content (AvgIpc) is 2.33. The lowest BCUT2D eigenvalue weighted by Gasteiger charge is -2.41. The van der Waals surface area contributed by atoms with E-state index in [0.717, 1.165) is 0 Å². The van der Waals surface area contributed by atoms with Gasteiger partial charge in [-0.05, 0) is 27.7 Å². The highest BCUT2D eigenvalue weighted by Gasteiger charge is 2.29. The zero-order valence-electron chi connectivity index (χ0n) is 10.5. The molecular weight excluding hydrogens is 182 g/mol. The number of rotatable bonds is 5. The summed E-state index contributed by atoms with van der Waals surface area (Å²) in [5.74, 6) is 0. The van der Waals surface area contributed by atoms with Crippen molar-refractivity contribution in [3.05, 3.63) is 35.9 Å². The van der Waals surface area contributed by atoms with E-state index in [1.165, 1.54) is 29.7 Å². The van der Waals surface area contributed by atoms with Crippen LogP contribution in [-0.2, 0) is 0 Å². The molecule has 0 spiro atoms. The molecule has 0 aliphatic heterocycles. The topological polar surface area (TPSA) is 0 Å². The Hall–Kier alpha value is -0.820. The summed E-state index contributed by atoms with van der Waals surface area (Å²) >= 11 is 0. The zero-order valence-corrected chi connectivity index (χ0v) is 10.5. The van der Waals surface area contributed by atoms with Crippen molar-refractivity contribution in [2.75, 3.05) is 19.6 Å². The number of nitrogens with zero attached hydrogens (tertiary/aromatic N) is 1. The quantitative estimate of drug-likeness (QED) is 0.645. The van der Waals surface area contributed by atoms with Crippen molar-refractivity contribution in [3.63, 3.8) is 0 Å². The van der Waals surface area contributed by atoms with Crippen LogP contribution in [0.4, 0.5) is 0 Å². The molecule has 15 heavy (non-hydrogen) atoms. The predicted octanol–water partition coefficient (Wildman–Crippen LogP) is 3.62. The van der Waals surface area contributed by atoms with Crippen molar-refractivity contribution in [2.24, 2.45) is 0 Å². The van der Waals surface area contributed by atoms with E-state index in [2.05, 4.69) is 58.0 Å². The molecule has 0 N–H and O–H groups in total. The van der Waals surface area contributed by atoms with Gasteiger partial charge < -0.3 is 4.48 Å². The molecule has 1 heteroatoms. The average molecular weight is 206 g/mol. The Morgan fingerprint density at radius 3 is 1.80 bits per heavy atom. The highest BCUT2D eigenvalue weighted by Crippen LogP contribution is 2.27. The molecule has 0 fully saturated rings. The third-order valence-electron chi connectivity index (χ3n) is 3.99. The molecule has 1 aromatic carbocycles. The lowest BCUT2D eigenvalue weighted by atomic mass is 10.0. The van der Waals surface area contributed by atoms with E-state index in [-0.39, 0.29) is 0 Å². The lowest BCUT2D eigenvalue weighted by Crippen LogP contribution is -2.49. The molecule has 1 atom stereocenters. The number of hydrogen-bond donors (Lipinski definition) is 0. The van der Waals surface area contributed by atoms with Crippen LogP contribution in [0.15, 0.2) is 30.3 Å². The normalized spacial score (nSPS) is 13.9. The van der Waals surface area contributed by atoms with Crippen molar-refractivity contribution >= 4 is 0 Å². The molecular formula is C14H24N+. The van der Waals surface area contributed by atoms with Crippen molar-refractivity contribution in [1.29, 1.82) is 0 Å². The molecule has 0 bridgehead atoms. The maximum Gasteiger partial charge on any atom is 0.112 e. The van der Waals surface area contributed by atoms with Crippen molar-refractivity contribution in [3.8, 4) is 0 Å². The van der Waals surface area contributed by atoms with E-state index in [4.69, 9.17) is 0 Å². The summed E-state index contributed by atoms with van der Waals surface area (Å²) < 4.78 is 1.18. The fourth-order valence-electron chi connectivity index (χ4n) is 2.54. The van der Waals surface area contributed by atoms with Crippen LogP contribution in [0.3, 0.4) is 0 Å². The van der Waals surface area contributed by atoms with Gasteiger partial charge in [-0.15, -0.1) is 0 Å². The van der Waals surface area contributed by atoms with Crippen LogP contribution in [-0.4, -0.2) is 24.1 Å². The molecule has 0 aliphatic rings. The summed E-state index contributed by atoms with van der Waals surface area (Å²) in [4.78, 5) is 0. The fraction of sp³-hybridized carbons (Fsp3) is 0.571. The Bertz CT molecular complexity index is 266. The molecule has 0 aromatic heterocycles. The standard InChI is InChI=1S/C14H24N/c1-5-15(6-2,7-3)13(4)14-11-9-8-10-12-14/h8-13H,5-7H2,1-4H3/q+1/t13-/m1/s1. The maximum atomic E-state index is 2.35. The van der Waals surface area contributed by atoms with Gasteiger partial charge in [0.25, 0.3) is 0 Å². The van der Waals surface area contributed by atoms with Gasteiger partial charge in [0.05, 0.1) is 19.6 Å². The number of hydrogen-bond acceptors (Lipinski definition) is 0. The van der Waals surface area contributed by atoms with Crippen LogP contribution in [0.2, 0.25) is 0 Å². The van der Waals surface area contributed by atoms with E-state index < -0.39 is 0 Å². The summed E-state index contributed by atoms with van der Waals surface area (Å²) in [5, 5.41) is 0. The lowest BCUT2D eigenvalue weighted by molar-refractivity contribution is -0.950. The van der Waals surface area contributed by atoms with Crippen molar-refractivity contribution in [2.45, 2.75) is 33.7 Å². The summed E-state index contributed by atoms with van der Waals surface area (Å²) in [6.07, 6.45) is 0. The van der Waals surface area contributed by atoms with E-state index >= 15 is 0 Å². The molecule has 0 aliphatic carbocycles. The Kier molecular flexibility index (Phi) is 4.34. The van der Waals surface area contributed by atoms with Crippen LogP contribution in [0.5, 0.6) is 0 Å². The van der Waals surface area contributed by atoms with Crippen LogP contribution in [0.1, 0.15) is 39.3 Å². The second-order valence-corrected chi connectivity index (χ2v) is 4.25. The van der Waals surface area contributed by atoms with Gasteiger partial charge in [-0.3, -0.25) is 0 Å². The van der Waals surface area contributed by atoms with Crippen LogP contribution in [0.25, 0.3) is 0 Å². The first-order chi connectivity index (χ1) is 7.20. The molecule has 0 heterocycles. The van der Waals surface area contributed by atoms with Crippen LogP contribution < -0.4 is 0 Å². The van der Waals surface area contributed by atoms with Gasteiger partial charge >= 0.3 is 0 Å². The third-order valence-corrected chi connectivity index (χ3v) is 3.99. The fourth-order valence-corrected chi connectivity index (χ4v) is 2.54. The monoisotopic (exact) mass is 206 g/mol. The Morgan fingerprint density at radius 2 is 1.40 bits per heavy atom. The molecule has 84 valence electrons. The molecule has 1 rings (SSSR count). The highest BCUT2D eigenvalue weighted by atomic mass is 15.4. The van der Waals surface area contributed by atoms with E-state index in [9.17, 15) is 0 Å². The largest absolute Gasteiger partial charge is 0.318 e. The minimum atomic E-state index is 0.603. The molecule has 0 radical (unpaired) electrons. The van der Waals surface area contributed by atoms with Crippen molar-refractivity contribution in [1.82, 2.24) is 0 Å². The van der Waals surface area contributed by atoms with Gasteiger partial charge in [-0.1, -0.05) is 30.3 Å². The number of benzene rings is 1. The van der Waals surface area contributed by atoms with Gasteiger partial charge in [0.1, 0.15) is 6.04 Å². The second kappa shape index (κ2) is 5.32. The Morgan fingerprint density at radius 1 is 0.933 bits per heavy atom. The molecule has 0 amide bonds. The SMILES string of the molecule is CC[N+](CC)(CC)[C@H](C)c1ccccc1. The minimum Gasteiger partial charge on any atom is -0.318 e. The molecule has 1 nitrogen and oxygen atoms in total. The maximum absolute atomic E-state index is 2.35. The van der Waals surface area contributed by atoms with Crippen LogP contribution >= 0.6 is 0 Å². The first-order valence-electron chi connectivity index (χ1n) is 6.10. The Balaban J connectivity index is 2.95.